The average molecular weight is 480 g/mol. The average Bonchev–Trinajstić information content (AvgIpc) is 3.29. The third-order valence-electron chi connectivity index (χ3n) is 6.15. The molecule has 1 N–H and O–H groups in total. The first-order valence-electron chi connectivity index (χ1n) is 10.9. The molecule has 2 aromatic carbocycles. The Labute approximate surface area is 201 Å². The molecule has 10 heteroatoms. The fourth-order valence-corrected chi connectivity index (χ4v) is 4.19. The lowest BCUT2D eigenvalue weighted by Crippen LogP contribution is -2.63. The zero-order valence-electron chi connectivity index (χ0n) is 19.6. The SMILES string of the molecule is COC(=O)c1ncn2c1C(=O)N(Cc1ccccc1F)C(C)(C(=O)NCc1ccccc1OC)C2. The molecule has 1 aliphatic heterocycles. The van der Waals surface area contributed by atoms with Crippen molar-refractivity contribution in [2.75, 3.05) is 14.2 Å². The Morgan fingerprint density at radius 2 is 1.80 bits per heavy atom. The van der Waals surface area contributed by atoms with Crippen molar-refractivity contribution in [1.82, 2.24) is 19.8 Å². The molecule has 0 aliphatic carbocycles. The van der Waals surface area contributed by atoms with Crippen molar-refractivity contribution in [2.45, 2.75) is 32.1 Å². The van der Waals surface area contributed by atoms with Crippen LogP contribution in [0.3, 0.4) is 0 Å². The minimum absolute atomic E-state index is 0.00424. The number of carbonyl (C=O) groups is 3. The number of fused-ring (bicyclic) bond motifs is 1. The number of hydrogen-bond acceptors (Lipinski definition) is 6. The smallest absolute Gasteiger partial charge is 0.359 e. The van der Waals surface area contributed by atoms with E-state index in [1.807, 2.05) is 18.2 Å². The van der Waals surface area contributed by atoms with Crippen LogP contribution in [-0.2, 0) is 29.2 Å². The summed E-state index contributed by atoms with van der Waals surface area (Å²) in [5.41, 5.74) is -0.596. The summed E-state index contributed by atoms with van der Waals surface area (Å²) in [5.74, 6) is -1.76. The summed E-state index contributed by atoms with van der Waals surface area (Å²) in [4.78, 5) is 44.7. The van der Waals surface area contributed by atoms with Gasteiger partial charge in [-0.15, -0.1) is 0 Å². The Kier molecular flexibility index (Phi) is 6.54. The first kappa shape index (κ1) is 23.9. The molecular weight excluding hydrogens is 455 g/mol. The number of hydrogen-bond donors (Lipinski definition) is 1. The monoisotopic (exact) mass is 480 g/mol. The summed E-state index contributed by atoms with van der Waals surface area (Å²) in [6, 6.07) is 13.3. The second-order valence-corrected chi connectivity index (χ2v) is 8.31. The molecule has 9 nitrogen and oxygen atoms in total. The molecule has 3 aromatic rings. The van der Waals surface area contributed by atoms with Crippen molar-refractivity contribution in [3.05, 3.63) is 83.2 Å². The van der Waals surface area contributed by atoms with Gasteiger partial charge >= 0.3 is 5.97 Å². The van der Waals surface area contributed by atoms with E-state index < -0.39 is 29.1 Å². The number of aromatic nitrogens is 2. The maximum atomic E-state index is 14.5. The molecule has 2 heterocycles. The van der Waals surface area contributed by atoms with Gasteiger partial charge in [0.05, 0.1) is 33.6 Å². The summed E-state index contributed by atoms with van der Waals surface area (Å²) < 4.78 is 26.1. The minimum atomic E-state index is -1.41. The predicted octanol–water partition coefficient (Wildman–Crippen LogP) is 2.55. The minimum Gasteiger partial charge on any atom is -0.496 e. The van der Waals surface area contributed by atoms with E-state index in [1.165, 1.54) is 36.1 Å². The molecule has 4 rings (SSSR count). The number of carbonyl (C=O) groups excluding carboxylic acids is 3. The number of methoxy groups -OCH3 is 2. The van der Waals surface area contributed by atoms with E-state index in [0.717, 1.165) is 5.56 Å². The molecule has 0 fully saturated rings. The number of nitrogens with zero attached hydrogens (tertiary/aromatic N) is 3. The summed E-state index contributed by atoms with van der Waals surface area (Å²) in [6.45, 7) is 1.58. The molecule has 1 aliphatic rings. The van der Waals surface area contributed by atoms with Crippen LogP contribution in [-0.4, -0.2) is 52.0 Å². The van der Waals surface area contributed by atoms with Gasteiger partial charge in [0.2, 0.25) is 5.91 Å². The van der Waals surface area contributed by atoms with Crippen LogP contribution in [0.4, 0.5) is 4.39 Å². The molecule has 1 atom stereocenters. The van der Waals surface area contributed by atoms with E-state index in [-0.39, 0.29) is 36.6 Å². The second-order valence-electron chi connectivity index (χ2n) is 8.31. The van der Waals surface area contributed by atoms with Crippen LogP contribution in [0.25, 0.3) is 0 Å². The Balaban J connectivity index is 1.71. The van der Waals surface area contributed by atoms with Gasteiger partial charge in [-0.3, -0.25) is 9.59 Å². The molecule has 2 amide bonds. The van der Waals surface area contributed by atoms with Crippen LogP contribution in [0.2, 0.25) is 0 Å². The molecule has 0 saturated carbocycles. The van der Waals surface area contributed by atoms with Crippen molar-refractivity contribution in [3.8, 4) is 5.75 Å². The molecule has 0 spiro atoms. The number of nitrogens with one attached hydrogen (secondary N) is 1. The Bertz CT molecular complexity index is 1290. The van der Waals surface area contributed by atoms with Crippen LogP contribution < -0.4 is 10.1 Å². The largest absolute Gasteiger partial charge is 0.496 e. The van der Waals surface area contributed by atoms with E-state index in [4.69, 9.17) is 9.47 Å². The normalized spacial score (nSPS) is 17.0. The highest BCUT2D eigenvalue weighted by molar-refractivity contribution is 6.06. The van der Waals surface area contributed by atoms with Crippen LogP contribution in [0.15, 0.2) is 54.9 Å². The molecule has 0 radical (unpaired) electrons. The van der Waals surface area contributed by atoms with E-state index in [1.54, 1.807) is 31.2 Å². The molecule has 1 unspecified atom stereocenters. The van der Waals surface area contributed by atoms with Gasteiger partial charge in [-0.05, 0) is 19.1 Å². The van der Waals surface area contributed by atoms with Gasteiger partial charge in [0.15, 0.2) is 5.69 Å². The van der Waals surface area contributed by atoms with Crippen LogP contribution in [0, 0.1) is 5.82 Å². The van der Waals surface area contributed by atoms with Crippen molar-refractivity contribution < 1.29 is 28.2 Å². The number of benzene rings is 2. The van der Waals surface area contributed by atoms with Crippen LogP contribution in [0.5, 0.6) is 5.75 Å². The zero-order valence-corrected chi connectivity index (χ0v) is 19.6. The van der Waals surface area contributed by atoms with E-state index >= 15 is 0 Å². The molecule has 182 valence electrons. The van der Waals surface area contributed by atoms with Gasteiger partial charge in [-0.25, -0.2) is 14.2 Å². The van der Waals surface area contributed by atoms with Crippen molar-refractivity contribution >= 4 is 17.8 Å². The lowest BCUT2D eigenvalue weighted by molar-refractivity contribution is -0.133. The number of para-hydroxylation sites is 1. The zero-order chi connectivity index (χ0) is 25.2. The number of esters is 1. The van der Waals surface area contributed by atoms with Gasteiger partial charge in [-0.1, -0.05) is 36.4 Å². The second kappa shape index (κ2) is 9.57. The highest BCUT2D eigenvalue weighted by Crippen LogP contribution is 2.31. The molecule has 1 aromatic heterocycles. The molecular formula is C25H25FN4O5. The van der Waals surface area contributed by atoms with Crippen LogP contribution in [0.1, 0.15) is 39.0 Å². The van der Waals surface area contributed by atoms with E-state index in [0.29, 0.717) is 5.75 Å². The summed E-state index contributed by atoms with van der Waals surface area (Å²) >= 11 is 0. The Morgan fingerprint density at radius 1 is 1.11 bits per heavy atom. The predicted molar refractivity (Wildman–Crippen MR) is 123 cm³/mol. The lowest BCUT2D eigenvalue weighted by Gasteiger charge is -2.43. The fraction of sp³-hybridized carbons (Fsp3) is 0.280. The van der Waals surface area contributed by atoms with E-state index in [9.17, 15) is 18.8 Å². The van der Waals surface area contributed by atoms with Gasteiger partial charge in [-0.2, -0.15) is 0 Å². The van der Waals surface area contributed by atoms with Crippen molar-refractivity contribution in [1.29, 1.82) is 0 Å². The number of amides is 2. The number of imidazole rings is 1. The van der Waals surface area contributed by atoms with Crippen molar-refractivity contribution in [2.24, 2.45) is 0 Å². The third-order valence-corrected chi connectivity index (χ3v) is 6.15. The molecule has 0 bridgehead atoms. The maximum Gasteiger partial charge on any atom is 0.359 e. The first-order valence-corrected chi connectivity index (χ1v) is 10.9. The van der Waals surface area contributed by atoms with Gasteiger partial charge in [0.25, 0.3) is 5.91 Å². The topological polar surface area (TPSA) is 103 Å². The number of ether oxygens (including phenoxy) is 2. The standard InChI is InChI=1S/C25H25FN4O5/c1-25(24(33)27-12-16-8-5-7-11-19(16)34-2)14-29-15-28-20(23(32)35-3)21(29)22(31)30(25)13-17-9-4-6-10-18(17)26/h4-11,15H,12-14H2,1-3H3,(H,27,33). The summed E-state index contributed by atoms with van der Waals surface area (Å²) in [7, 11) is 2.73. The quantitative estimate of drug-likeness (QED) is 0.522. The first-order chi connectivity index (χ1) is 16.8. The lowest BCUT2D eigenvalue weighted by atomic mass is 9.93. The Morgan fingerprint density at radius 3 is 2.49 bits per heavy atom. The van der Waals surface area contributed by atoms with Crippen molar-refractivity contribution in [3.63, 3.8) is 0 Å². The van der Waals surface area contributed by atoms with Crippen LogP contribution >= 0.6 is 0 Å². The van der Waals surface area contributed by atoms with Gasteiger partial charge in [0.1, 0.15) is 22.8 Å². The maximum absolute atomic E-state index is 14.5. The number of halogens is 1. The Hall–Kier alpha value is -4.21. The highest BCUT2D eigenvalue weighted by atomic mass is 19.1. The third kappa shape index (κ3) is 4.34. The highest BCUT2D eigenvalue weighted by Gasteiger charge is 2.49. The summed E-state index contributed by atoms with van der Waals surface area (Å²) in [5, 5.41) is 2.87. The molecule has 0 saturated heterocycles. The fourth-order valence-electron chi connectivity index (χ4n) is 4.19. The summed E-state index contributed by atoms with van der Waals surface area (Å²) in [6.07, 6.45) is 1.33. The van der Waals surface area contributed by atoms with Gasteiger partial charge < -0.3 is 24.3 Å². The van der Waals surface area contributed by atoms with Gasteiger partial charge in [0, 0.05) is 17.7 Å². The number of rotatable bonds is 7. The van der Waals surface area contributed by atoms with E-state index in [2.05, 4.69) is 10.3 Å². The molecule has 35 heavy (non-hydrogen) atoms.